The first-order valence-corrected chi connectivity index (χ1v) is 8.98. The zero-order valence-corrected chi connectivity index (χ0v) is 14.8. The van der Waals surface area contributed by atoms with Gasteiger partial charge in [-0.15, -0.1) is 5.10 Å². The molecule has 1 aliphatic rings. The van der Waals surface area contributed by atoms with Gasteiger partial charge in [0.2, 0.25) is 5.91 Å². The van der Waals surface area contributed by atoms with Crippen molar-refractivity contribution in [3.05, 3.63) is 40.7 Å². The predicted molar refractivity (Wildman–Crippen MR) is 93.1 cm³/mol. The molecule has 1 unspecified atom stereocenters. The zero-order valence-electron chi connectivity index (χ0n) is 13.9. The predicted octanol–water partition coefficient (Wildman–Crippen LogP) is 0.226. The lowest BCUT2D eigenvalue weighted by molar-refractivity contribution is -0.126. The Balaban J connectivity index is 1.70. The molecule has 8 nitrogen and oxygen atoms in total. The molecule has 0 bridgehead atoms. The highest BCUT2D eigenvalue weighted by Gasteiger charge is 2.34. The fraction of sp³-hybridized carbons (Fsp3) is 0.438. The van der Waals surface area contributed by atoms with Gasteiger partial charge in [-0.3, -0.25) is 14.6 Å². The Labute approximate surface area is 149 Å². The van der Waals surface area contributed by atoms with Crippen molar-refractivity contribution in [2.24, 2.45) is 0 Å². The molecule has 1 aliphatic heterocycles. The third kappa shape index (κ3) is 3.99. The van der Waals surface area contributed by atoms with Gasteiger partial charge in [-0.05, 0) is 30.1 Å². The van der Waals surface area contributed by atoms with Gasteiger partial charge in [0.15, 0.2) is 0 Å². The van der Waals surface area contributed by atoms with Crippen LogP contribution in [-0.4, -0.2) is 57.0 Å². The van der Waals surface area contributed by atoms with Crippen molar-refractivity contribution in [2.75, 3.05) is 19.6 Å². The van der Waals surface area contributed by atoms with Crippen LogP contribution in [0.2, 0.25) is 0 Å². The van der Waals surface area contributed by atoms with Gasteiger partial charge in [0.25, 0.3) is 5.91 Å². The van der Waals surface area contributed by atoms with Crippen molar-refractivity contribution in [1.29, 1.82) is 0 Å². The van der Waals surface area contributed by atoms with Gasteiger partial charge in [-0.1, -0.05) is 17.5 Å². The number of hydrogen-bond acceptors (Lipinski definition) is 7. The number of nitrogens with zero attached hydrogens (tertiary/aromatic N) is 4. The van der Waals surface area contributed by atoms with Crippen molar-refractivity contribution in [3.8, 4) is 0 Å². The number of amides is 2. The lowest BCUT2D eigenvalue weighted by Gasteiger charge is -2.34. The third-order valence-corrected chi connectivity index (χ3v) is 4.82. The van der Waals surface area contributed by atoms with Gasteiger partial charge in [0.05, 0.1) is 17.9 Å². The Morgan fingerprint density at radius 3 is 3.08 bits per heavy atom. The van der Waals surface area contributed by atoms with E-state index in [1.165, 1.54) is 0 Å². The number of carbonyl (C=O) groups is 2. The van der Waals surface area contributed by atoms with Crippen LogP contribution in [0, 0.1) is 0 Å². The van der Waals surface area contributed by atoms with Crippen LogP contribution in [0.5, 0.6) is 0 Å². The molecule has 1 saturated heterocycles. The summed E-state index contributed by atoms with van der Waals surface area (Å²) in [5.74, 6) is -0.368. The molecule has 9 heteroatoms. The average molecular weight is 360 g/mol. The lowest BCUT2D eigenvalue weighted by Crippen LogP contribution is -2.59. The molecule has 2 aromatic rings. The smallest absolute Gasteiger partial charge is 0.268 e. The Hall–Kier alpha value is -2.39. The first-order valence-electron chi connectivity index (χ1n) is 8.21. The highest BCUT2D eigenvalue weighted by Crippen LogP contribution is 2.17. The summed E-state index contributed by atoms with van der Waals surface area (Å²) in [7, 11) is 0. The van der Waals surface area contributed by atoms with E-state index < -0.39 is 6.04 Å². The SMILES string of the molecule is CCc1nnsc1C(=O)N1CCNCC1C(=O)NCc1ccccn1. The van der Waals surface area contributed by atoms with E-state index in [1.807, 2.05) is 25.1 Å². The number of nitrogens with one attached hydrogen (secondary N) is 2. The summed E-state index contributed by atoms with van der Waals surface area (Å²) < 4.78 is 3.87. The standard InChI is InChI=1S/C16H20N6O2S/c1-2-12-14(25-21-20-12)16(24)22-8-7-17-10-13(22)15(23)19-9-11-5-3-4-6-18-11/h3-6,13,17H,2,7-10H2,1H3,(H,19,23). The maximum absolute atomic E-state index is 12.9. The number of rotatable bonds is 5. The molecule has 3 heterocycles. The number of hydrogen-bond donors (Lipinski definition) is 2. The van der Waals surface area contributed by atoms with Crippen molar-refractivity contribution in [2.45, 2.75) is 25.9 Å². The van der Waals surface area contributed by atoms with Crippen LogP contribution in [0.3, 0.4) is 0 Å². The summed E-state index contributed by atoms with van der Waals surface area (Å²) in [5, 5.41) is 10.0. The summed E-state index contributed by atoms with van der Waals surface area (Å²) in [6.45, 7) is 3.82. The molecular weight excluding hydrogens is 340 g/mol. The summed E-state index contributed by atoms with van der Waals surface area (Å²) in [6, 6.07) is 4.98. The van der Waals surface area contributed by atoms with Crippen LogP contribution in [0.25, 0.3) is 0 Å². The largest absolute Gasteiger partial charge is 0.349 e. The molecule has 2 amide bonds. The minimum Gasteiger partial charge on any atom is -0.349 e. The molecule has 2 aromatic heterocycles. The number of pyridine rings is 1. The Morgan fingerprint density at radius 2 is 2.32 bits per heavy atom. The molecule has 0 aromatic carbocycles. The monoisotopic (exact) mass is 360 g/mol. The lowest BCUT2D eigenvalue weighted by atomic mass is 10.1. The van der Waals surface area contributed by atoms with E-state index in [0.29, 0.717) is 43.2 Å². The van der Waals surface area contributed by atoms with Crippen LogP contribution in [0.1, 0.15) is 28.0 Å². The van der Waals surface area contributed by atoms with Gasteiger partial charge >= 0.3 is 0 Å². The van der Waals surface area contributed by atoms with Gasteiger partial charge in [-0.25, -0.2) is 0 Å². The normalized spacial score (nSPS) is 17.3. The van der Waals surface area contributed by atoms with Gasteiger partial charge < -0.3 is 15.5 Å². The Bertz CT molecular complexity index is 735. The third-order valence-electron chi connectivity index (χ3n) is 4.06. The van der Waals surface area contributed by atoms with Crippen molar-refractivity contribution < 1.29 is 9.59 Å². The molecular formula is C16H20N6O2S. The first-order chi connectivity index (χ1) is 12.2. The van der Waals surface area contributed by atoms with Crippen molar-refractivity contribution in [3.63, 3.8) is 0 Å². The second-order valence-corrected chi connectivity index (χ2v) is 6.41. The number of piperazine rings is 1. The van der Waals surface area contributed by atoms with E-state index in [-0.39, 0.29) is 11.8 Å². The molecule has 25 heavy (non-hydrogen) atoms. The molecule has 0 radical (unpaired) electrons. The topological polar surface area (TPSA) is 100 Å². The fourth-order valence-corrected chi connectivity index (χ4v) is 3.42. The van der Waals surface area contributed by atoms with E-state index in [1.54, 1.807) is 11.1 Å². The summed E-state index contributed by atoms with van der Waals surface area (Å²) in [5.41, 5.74) is 1.46. The second kappa shape index (κ2) is 8.13. The van der Waals surface area contributed by atoms with Crippen LogP contribution < -0.4 is 10.6 Å². The van der Waals surface area contributed by atoms with E-state index in [2.05, 4.69) is 25.2 Å². The van der Waals surface area contributed by atoms with Gasteiger partial charge in [-0.2, -0.15) is 0 Å². The summed E-state index contributed by atoms with van der Waals surface area (Å²) >= 11 is 1.09. The van der Waals surface area contributed by atoms with E-state index in [0.717, 1.165) is 17.2 Å². The average Bonchev–Trinajstić information content (AvgIpc) is 3.15. The summed E-state index contributed by atoms with van der Waals surface area (Å²) in [6.07, 6.45) is 2.32. The van der Waals surface area contributed by atoms with Crippen LogP contribution in [-0.2, 0) is 17.8 Å². The number of aromatic nitrogens is 3. The van der Waals surface area contributed by atoms with E-state index in [4.69, 9.17) is 0 Å². The first kappa shape index (κ1) is 17.4. The fourth-order valence-electron chi connectivity index (χ4n) is 2.71. The molecule has 0 spiro atoms. The maximum Gasteiger partial charge on any atom is 0.268 e. The highest BCUT2D eigenvalue weighted by atomic mass is 32.1. The molecule has 0 saturated carbocycles. The van der Waals surface area contributed by atoms with Gasteiger partial charge in [0, 0.05) is 25.8 Å². The van der Waals surface area contributed by atoms with E-state index in [9.17, 15) is 9.59 Å². The zero-order chi connectivity index (χ0) is 17.6. The quantitative estimate of drug-likeness (QED) is 0.792. The summed E-state index contributed by atoms with van der Waals surface area (Å²) in [4.78, 5) is 31.8. The van der Waals surface area contributed by atoms with Crippen molar-refractivity contribution in [1.82, 2.24) is 30.1 Å². The molecule has 3 rings (SSSR count). The molecule has 0 aliphatic carbocycles. The molecule has 1 atom stereocenters. The van der Waals surface area contributed by atoms with Crippen LogP contribution in [0.15, 0.2) is 24.4 Å². The van der Waals surface area contributed by atoms with Gasteiger partial charge in [0.1, 0.15) is 10.9 Å². The Kier molecular flexibility index (Phi) is 5.67. The Morgan fingerprint density at radius 1 is 1.44 bits per heavy atom. The molecule has 132 valence electrons. The molecule has 2 N–H and O–H groups in total. The second-order valence-electron chi connectivity index (χ2n) is 5.66. The number of aryl methyl sites for hydroxylation is 1. The minimum atomic E-state index is -0.559. The highest BCUT2D eigenvalue weighted by molar-refractivity contribution is 7.08. The maximum atomic E-state index is 12.9. The van der Waals surface area contributed by atoms with E-state index >= 15 is 0 Å². The minimum absolute atomic E-state index is 0.175. The molecule has 1 fully saturated rings. The van der Waals surface area contributed by atoms with Crippen molar-refractivity contribution >= 4 is 23.3 Å². The van der Waals surface area contributed by atoms with Crippen LogP contribution in [0.4, 0.5) is 0 Å². The number of carbonyl (C=O) groups excluding carboxylic acids is 2. The van der Waals surface area contributed by atoms with Crippen LogP contribution >= 0.6 is 11.5 Å².